The monoisotopic (exact) mass is 323 g/mol. The number of nitrogens with one attached hydrogen (secondary N) is 1. The molecule has 0 amide bonds. The number of rotatable bonds is 6. The zero-order valence-electron chi connectivity index (χ0n) is 11.2. The summed E-state index contributed by atoms with van der Waals surface area (Å²) in [5.74, 6) is 1.85. The highest BCUT2D eigenvalue weighted by atomic mass is 79.9. The summed E-state index contributed by atoms with van der Waals surface area (Å²) in [6.07, 6.45) is 1.78. The predicted molar refractivity (Wildman–Crippen MR) is 79.4 cm³/mol. The van der Waals surface area contributed by atoms with Crippen LogP contribution in [0.1, 0.15) is 18.2 Å². The van der Waals surface area contributed by atoms with Crippen LogP contribution >= 0.6 is 15.9 Å². The maximum absolute atomic E-state index is 5.92. The summed E-state index contributed by atoms with van der Waals surface area (Å²) < 4.78 is 12.2. The van der Waals surface area contributed by atoms with Crippen LogP contribution in [0.4, 0.5) is 0 Å². The van der Waals surface area contributed by atoms with Gasteiger partial charge < -0.3 is 14.5 Å². The van der Waals surface area contributed by atoms with E-state index in [1.807, 2.05) is 37.3 Å². The second kappa shape index (κ2) is 6.78. The van der Waals surface area contributed by atoms with Gasteiger partial charge in [0.05, 0.1) is 12.8 Å². The largest absolute Gasteiger partial charge is 0.489 e. The normalized spacial score (nSPS) is 12.4. The van der Waals surface area contributed by atoms with Gasteiger partial charge in [0.25, 0.3) is 0 Å². The molecule has 2 rings (SSSR count). The highest BCUT2D eigenvalue weighted by Crippen LogP contribution is 2.23. The standard InChI is InChI=1S/C15H18BrNO2/c1-11-5-6-13(16)8-15(11)19-12(2)9-17-10-14-4-3-7-18-14/h3-8,12,17H,9-10H2,1-2H3. The zero-order chi connectivity index (χ0) is 13.7. The first-order valence-corrected chi connectivity index (χ1v) is 7.10. The minimum absolute atomic E-state index is 0.1000. The molecule has 102 valence electrons. The molecular weight excluding hydrogens is 306 g/mol. The average Bonchev–Trinajstić information content (AvgIpc) is 2.87. The minimum atomic E-state index is 0.1000. The fraction of sp³-hybridized carbons (Fsp3) is 0.333. The predicted octanol–water partition coefficient (Wildman–Crippen LogP) is 3.91. The van der Waals surface area contributed by atoms with E-state index >= 15 is 0 Å². The fourth-order valence-corrected chi connectivity index (χ4v) is 2.11. The van der Waals surface area contributed by atoms with E-state index in [4.69, 9.17) is 9.15 Å². The minimum Gasteiger partial charge on any atom is -0.489 e. The van der Waals surface area contributed by atoms with Crippen LogP contribution in [0.2, 0.25) is 0 Å². The molecule has 0 bridgehead atoms. The van der Waals surface area contributed by atoms with Crippen molar-refractivity contribution >= 4 is 15.9 Å². The molecule has 0 saturated heterocycles. The van der Waals surface area contributed by atoms with Crippen LogP contribution in [0.15, 0.2) is 45.5 Å². The summed E-state index contributed by atoms with van der Waals surface area (Å²) in [7, 11) is 0. The Kier molecular flexibility index (Phi) is 5.05. The van der Waals surface area contributed by atoms with E-state index in [2.05, 4.69) is 28.2 Å². The summed E-state index contributed by atoms with van der Waals surface area (Å²) in [4.78, 5) is 0. The molecule has 0 radical (unpaired) electrons. The van der Waals surface area contributed by atoms with Crippen molar-refractivity contribution in [2.24, 2.45) is 0 Å². The van der Waals surface area contributed by atoms with Gasteiger partial charge in [-0.2, -0.15) is 0 Å². The number of hydrogen-bond acceptors (Lipinski definition) is 3. The van der Waals surface area contributed by atoms with Gasteiger partial charge in [-0.05, 0) is 43.7 Å². The van der Waals surface area contributed by atoms with E-state index in [1.54, 1.807) is 6.26 Å². The van der Waals surface area contributed by atoms with Crippen molar-refractivity contribution in [3.63, 3.8) is 0 Å². The summed E-state index contributed by atoms with van der Waals surface area (Å²) >= 11 is 3.46. The Morgan fingerprint density at radius 1 is 1.37 bits per heavy atom. The molecular formula is C15H18BrNO2. The SMILES string of the molecule is Cc1ccc(Br)cc1OC(C)CNCc1ccco1. The second-order valence-electron chi connectivity index (χ2n) is 4.55. The topological polar surface area (TPSA) is 34.4 Å². The molecule has 0 fully saturated rings. The van der Waals surface area contributed by atoms with Crippen molar-refractivity contribution in [1.82, 2.24) is 5.32 Å². The zero-order valence-corrected chi connectivity index (χ0v) is 12.7. The van der Waals surface area contributed by atoms with Crippen LogP contribution in [0.3, 0.4) is 0 Å². The Morgan fingerprint density at radius 3 is 2.95 bits per heavy atom. The van der Waals surface area contributed by atoms with Crippen molar-refractivity contribution in [3.05, 3.63) is 52.4 Å². The van der Waals surface area contributed by atoms with Crippen molar-refractivity contribution in [1.29, 1.82) is 0 Å². The smallest absolute Gasteiger partial charge is 0.123 e. The lowest BCUT2D eigenvalue weighted by Gasteiger charge is -2.17. The Morgan fingerprint density at radius 2 is 2.21 bits per heavy atom. The first-order valence-electron chi connectivity index (χ1n) is 6.31. The summed E-state index contributed by atoms with van der Waals surface area (Å²) in [5.41, 5.74) is 1.14. The van der Waals surface area contributed by atoms with E-state index < -0.39 is 0 Å². The molecule has 3 nitrogen and oxygen atoms in total. The molecule has 1 aromatic carbocycles. The molecule has 4 heteroatoms. The maximum Gasteiger partial charge on any atom is 0.123 e. The van der Waals surface area contributed by atoms with E-state index in [-0.39, 0.29) is 6.10 Å². The molecule has 1 unspecified atom stereocenters. The summed E-state index contributed by atoms with van der Waals surface area (Å²) in [6.45, 7) is 5.59. The van der Waals surface area contributed by atoms with E-state index in [1.165, 1.54) is 0 Å². The molecule has 1 N–H and O–H groups in total. The van der Waals surface area contributed by atoms with Gasteiger partial charge >= 0.3 is 0 Å². The van der Waals surface area contributed by atoms with Crippen LogP contribution in [-0.2, 0) is 6.54 Å². The lowest BCUT2D eigenvalue weighted by Crippen LogP contribution is -2.28. The molecule has 0 aliphatic carbocycles. The quantitative estimate of drug-likeness (QED) is 0.875. The van der Waals surface area contributed by atoms with Crippen molar-refractivity contribution in [2.45, 2.75) is 26.5 Å². The molecule has 1 heterocycles. The molecule has 19 heavy (non-hydrogen) atoms. The molecule has 1 aromatic heterocycles. The van der Waals surface area contributed by atoms with Crippen LogP contribution in [-0.4, -0.2) is 12.6 Å². The first-order chi connectivity index (χ1) is 9.15. The van der Waals surface area contributed by atoms with Crippen molar-refractivity contribution in [3.8, 4) is 5.75 Å². The van der Waals surface area contributed by atoms with Crippen molar-refractivity contribution in [2.75, 3.05) is 6.54 Å². The van der Waals surface area contributed by atoms with E-state index in [0.717, 1.165) is 34.6 Å². The van der Waals surface area contributed by atoms with E-state index in [9.17, 15) is 0 Å². The van der Waals surface area contributed by atoms with Crippen LogP contribution in [0.25, 0.3) is 0 Å². The average molecular weight is 324 g/mol. The third-order valence-corrected chi connectivity index (χ3v) is 3.28. The van der Waals surface area contributed by atoms with Gasteiger partial charge in [0.2, 0.25) is 0 Å². The number of hydrogen-bond donors (Lipinski definition) is 1. The third-order valence-electron chi connectivity index (χ3n) is 2.79. The molecule has 0 aliphatic rings. The van der Waals surface area contributed by atoms with Gasteiger partial charge in [0.15, 0.2) is 0 Å². The Labute approximate surface area is 122 Å². The fourth-order valence-electron chi connectivity index (χ4n) is 1.77. The van der Waals surface area contributed by atoms with Crippen LogP contribution < -0.4 is 10.1 Å². The molecule has 0 aliphatic heterocycles. The maximum atomic E-state index is 5.92. The molecule has 0 saturated carbocycles. The van der Waals surface area contributed by atoms with Gasteiger partial charge in [-0.3, -0.25) is 0 Å². The number of ether oxygens (including phenoxy) is 1. The van der Waals surface area contributed by atoms with Crippen molar-refractivity contribution < 1.29 is 9.15 Å². The second-order valence-corrected chi connectivity index (χ2v) is 5.46. The summed E-state index contributed by atoms with van der Waals surface area (Å²) in [6, 6.07) is 9.90. The Bertz CT molecular complexity index is 511. The van der Waals surface area contributed by atoms with E-state index in [0.29, 0.717) is 0 Å². The van der Waals surface area contributed by atoms with Gasteiger partial charge in [-0.15, -0.1) is 0 Å². The Hall–Kier alpha value is -1.26. The van der Waals surface area contributed by atoms with Gasteiger partial charge in [-0.1, -0.05) is 22.0 Å². The summed E-state index contributed by atoms with van der Waals surface area (Å²) in [5, 5.41) is 3.31. The van der Waals surface area contributed by atoms with Gasteiger partial charge in [0, 0.05) is 11.0 Å². The first kappa shape index (κ1) is 14.2. The van der Waals surface area contributed by atoms with Gasteiger partial charge in [0.1, 0.15) is 17.6 Å². The van der Waals surface area contributed by atoms with Crippen LogP contribution in [0, 0.1) is 6.92 Å². The number of benzene rings is 1. The lowest BCUT2D eigenvalue weighted by atomic mass is 10.2. The Balaban J connectivity index is 1.80. The van der Waals surface area contributed by atoms with Gasteiger partial charge in [-0.25, -0.2) is 0 Å². The highest BCUT2D eigenvalue weighted by Gasteiger charge is 2.07. The number of furan rings is 1. The number of aryl methyl sites for hydroxylation is 1. The molecule has 2 aromatic rings. The highest BCUT2D eigenvalue weighted by molar-refractivity contribution is 9.10. The third kappa shape index (κ3) is 4.40. The molecule has 0 spiro atoms. The van der Waals surface area contributed by atoms with Crippen LogP contribution in [0.5, 0.6) is 5.75 Å². The lowest BCUT2D eigenvalue weighted by molar-refractivity contribution is 0.214. The number of halogens is 1. The molecule has 1 atom stereocenters.